The predicted molar refractivity (Wildman–Crippen MR) is 70.2 cm³/mol. The first-order chi connectivity index (χ1) is 8.31. The molecule has 0 fully saturated rings. The Morgan fingerprint density at radius 2 is 2.24 bits per heavy atom. The second kappa shape index (κ2) is 5.84. The number of rotatable bonds is 5. The number of aromatic nitrogens is 2. The van der Waals surface area contributed by atoms with Crippen LogP contribution in [-0.4, -0.2) is 16.5 Å². The molecular weight excluding hydrogens is 234 g/mol. The summed E-state index contributed by atoms with van der Waals surface area (Å²) in [5.41, 5.74) is 1.12. The zero-order chi connectivity index (χ0) is 12.1. The van der Waals surface area contributed by atoms with Crippen molar-refractivity contribution in [2.24, 2.45) is 0 Å². The minimum atomic E-state index is 0.194. The highest BCUT2D eigenvalue weighted by atomic mass is 35.5. The normalized spacial score (nSPS) is 12.6. The molecule has 0 radical (unpaired) electrons. The fourth-order valence-electron chi connectivity index (χ4n) is 1.90. The number of hydrogen-bond acceptors (Lipinski definition) is 2. The number of imidazole rings is 1. The van der Waals surface area contributed by atoms with Crippen LogP contribution >= 0.6 is 11.6 Å². The van der Waals surface area contributed by atoms with E-state index in [1.807, 2.05) is 24.4 Å². The van der Waals surface area contributed by atoms with Gasteiger partial charge in [0.2, 0.25) is 0 Å². The van der Waals surface area contributed by atoms with Crippen molar-refractivity contribution in [1.82, 2.24) is 15.3 Å². The van der Waals surface area contributed by atoms with Crippen molar-refractivity contribution in [2.75, 3.05) is 6.54 Å². The molecule has 0 bridgehead atoms. The summed E-state index contributed by atoms with van der Waals surface area (Å²) in [6, 6.07) is 8.12. The first-order valence-corrected chi connectivity index (χ1v) is 6.15. The third-order valence-electron chi connectivity index (χ3n) is 2.68. The van der Waals surface area contributed by atoms with E-state index in [4.69, 9.17) is 11.6 Å². The van der Waals surface area contributed by atoms with Gasteiger partial charge in [0, 0.05) is 29.9 Å². The van der Waals surface area contributed by atoms with Gasteiger partial charge in [0.1, 0.15) is 5.82 Å². The third-order valence-corrected chi connectivity index (χ3v) is 3.03. The molecule has 90 valence electrons. The molecule has 0 saturated heterocycles. The van der Waals surface area contributed by atoms with Gasteiger partial charge in [-0.15, -0.1) is 0 Å². The standard InChI is InChI=1S/C13H16ClN3/c1-2-15-12(9-13-16-7-8-17-13)10-5-3-4-6-11(10)14/h3-8,12,15H,2,9H2,1H3,(H,16,17). The molecule has 17 heavy (non-hydrogen) atoms. The van der Waals surface area contributed by atoms with E-state index in [9.17, 15) is 0 Å². The lowest BCUT2D eigenvalue weighted by molar-refractivity contribution is 0.539. The van der Waals surface area contributed by atoms with Crippen molar-refractivity contribution in [1.29, 1.82) is 0 Å². The average Bonchev–Trinajstić information content (AvgIpc) is 2.82. The van der Waals surface area contributed by atoms with E-state index in [-0.39, 0.29) is 6.04 Å². The summed E-state index contributed by atoms with van der Waals surface area (Å²) < 4.78 is 0. The van der Waals surface area contributed by atoms with E-state index < -0.39 is 0 Å². The summed E-state index contributed by atoms with van der Waals surface area (Å²) in [5, 5.41) is 4.23. The molecule has 1 aromatic carbocycles. The predicted octanol–water partition coefficient (Wildman–Crippen LogP) is 2.96. The summed E-state index contributed by atoms with van der Waals surface area (Å²) in [6.07, 6.45) is 4.42. The molecule has 3 nitrogen and oxygen atoms in total. The number of aromatic amines is 1. The van der Waals surface area contributed by atoms with Crippen molar-refractivity contribution >= 4 is 11.6 Å². The maximum Gasteiger partial charge on any atom is 0.107 e. The molecule has 0 aliphatic heterocycles. The minimum absolute atomic E-state index is 0.194. The van der Waals surface area contributed by atoms with Crippen LogP contribution < -0.4 is 5.32 Å². The number of H-pyrrole nitrogens is 1. The lowest BCUT2D eigenvalue weighted by atomic mass is 10.0. The number of nitrogens with zero attached hydrogens (tertiary/aromatic N) is 1. The van der Waals surface area contributed by atoms with Gasteiger partial charge in [0.15, 0.2) is 0 Å². The number of nitrogens with one attached hydrogen (secondary N) is 2. The Balaban J connectivity index is 2.20. The molecule has 0 spiro atoms. The van der Waals surface area contributed by atoms with Crippen molar-refractivity contribution in [3.8, 4) is 0 Å². The Labute approximate surface area is 106 Å². The fraction of sp³-hybridized carbons (Fsp3) is 0.308. The van der Waals surface area contributed by atoms with Crippen LogP contribution in [0.15, 0.2) is 36.7 Å². The van der Waals surface area contributed by atoms with E-state index in [1.54, 1.807) is 6.20 Å². The van der Waals surface area contributed by atoms with Crippen molar-refractivity contribution in [2.45, 2.75) is 19.4 Å². The number of benzene rings is 1. The third kappa shape index (κ3) is 3.08. The highest BCUT2D eigenvalue weighted by Crippen LogP contribution is 2.24. The highest BCUT2D eigenvalue weighted by Gasteiger charge is 2.14. The molecule has 2 rings (SSSR count). The number of hydrogen-bond donors (Lipinski definition) is 2. The zero-order valence-electron chi connectivity index (χ0n) is 9.78. The summed E-state index contributed by atoms with van der Waals surface area (Å²) in [6.45, 7) is 2.99. The first kappa shape index (κ1) is 12.1. The molecule has 1 atom stereocenters. The average molecular weight is 250 g/mol. The molecule has 0 saturated carbocycles. The van der Waals surface area contributed by atoms with E-state index in [0.29, 0.717) is 0 Å². The van der Waals surface area contributed by atoms with Crippen LogP contribution in [0.25, 0.3) is 0 Å². The smallest absolute Gasteiger partial charge is 0.107 e. The van der Waals surface area contributed by atoms with Gasteiger partial charge in [0.25, 0.3) is 0 Å². The Hall–Kier alpha value is -1.32. The molecule has 1 aromatic heterocycles. The van der Waals surface area contributed by atoms with E-state index in [1.165, 1.54) is 0 Å². The SMILES string of the molecule is CCNC(Cc1ncc[nH]1)c1ccccc1Cl. The Kier molecular flexibility index (Phi) is 4.18. The number of likely N-dealkylation sites (N-methyl/N-ethyl adjacent to an activating group) is 1. The fourth-order valence-corrected chi connectivity index (χ4v) is 2.17. The van der Waals surface area contributed by atoms with Gasteiger partial charge in [0.05, 0.1) is 0 Å². The molecule has 0 amide bonds. The van der Waals surface area contributed by atoms with E-state index in [2.05, 4.69) is 28.3 Å². The van der Waals surface area contributed by atoms with Crippen LogP contribution in [0.2, 0.25) is 5.02 Å². The molecule has 0 aliphatic carbocycles. The largest absolute Gasteiger partial charge is 0.349 e. The summed E-state index contributed by atoms with van der Waals surface area (Å²) in [4.78, 5) is 7.38. The van der Waals surface area contributed by atoms with Crippen LogP contribution in [0.3, 0.4) is 0 Å². The topological polar surface area (TPSA) is 40.7 Å². The van der Waals surface area contributed by atoms with Gasteiger partial charge in [-0.25, -0.2) is 4.98 Å². The molecule has 1 heterocycles. The Morgan fingerprint density at radius 1 is 1.41 bits per heavy atom. The van der Waals surface area contributed by atoms with Gasteiger partial charge in [-0.1, -0.05) is 36.7 Å². The molecular formula is C13H16ClN3. The monoisotopic (exact) mass is 249 g/mol. The van der Waals surface area contributed by atoms with Crippen LogP contribution in [0, 0.1) is 0 Å². The summed E-state index contributed by atoms with van der Waals surface area (Å²) >= 11 is 6.22. The van der Waals surface area contributed by atoms with Crippen molar-refractivity contribution < 1.29 is 0 Å². The van der Waals surface area contributed by atoms with Crippen LogP contribution in [0.5, 0.6) is 0 Å². The first-order valence-electron chi connectivity index (χ1n) is 5.77. The summed E-state index contributed by atoms with van der Waals surface area (Å²) in [5.74, 6) is 0.968. The molecule has 2 N–H and O–H groups in total. The number of halogens is 1. The van der Waals surface area contributed by atoms with Crippen LogP contribution in [0.1, 0.15) is 24.4 Å². The van der Waals surface area contributed by atoms with Crippen LogP contribution in [-0.2, 0) is 6.42 Å². The Morgan fingerprint density at radius 3 is 2.88 bits per heavy atom. The molecule has 1 unspecified atom stereocenters. The van der Waals surface area contributed by atoms with Gasteiger partial charge in [-0.3, -0.25) is 0 Å². The minimum Gasteiger partial charge on any atom is -0.349 e. The van der Waals surface area contributed by atoms with Crippen LogP contribution in [0.4, 0.5) is 0 Å². The molecule has 0 aliphatic rings. The maximum absolute atomic E-state index is 6.22. The van der Waals surface area contributed by atoms with Gasteiger partial charge in [-0.05, 0) is 18.2 Å². The van der Waals surface area contributed by atoms with Crippen molar-refractivity contribution in [3.05, 3.63) is 53.1 Å². The van der Waals surface area contributed by atoms with E-state index >= 15 is 0 Å². The second-order valence-corrected chi connectivity index (χ2v) is 4.28. The van der Waals surface area contributed by atoms with E-state index in [0.717, 1.165) is 29.4 Å². The molecule has 2 aromatic rings. The van der Waals surface area contributed by atoms with Gasteiger partial charge in [-0.2, -0.15) is 0 Å². The van der Waals surface area contributed by atoms with Crippen molar-refractivity contribution in [3.63, 3.8) is 0 Å². The quantitative estimate of drug-likeness (QED) is 0.855. The highest BCUT2D eigenvalue weighted by molar-refractivity contribution is 6.31. The van der Waals surface area contributed by atoms with Gasteiger partial charge >= 0.3 is 0 Å². The summed E-state index contributed by atoms with van der Waals surface area (Å²) in [7, 11) is 0. The maximum atomic E-state index is 6.22. The molecule has 4 heteroatoms. The van der Waals surface area contributed by atoms with Gasteiger partial charge < -0.3 is 10.3 Å². The lowest BCUT2D eigenvalue weighted by Crippen LogP contribution is -2.23. The lowest BCUT2D eigenvalue weighted by Gasteiger charge is -2.18. The zero-order valence-corrected chi connectivity index (χ0v) is 10.5. The Bertz CT molecular complexity index is 453. The second-order valence-electron chi connectivity index (χ2n) is 3.87.